The molecule has 1 heterocycles. The Bertz CT molecular complexity index is 502. The molecule has 0 atom stereocenters. The summed E-state index contributed by atoms with van der Waals surface area (Å²) >= 11 is 11.7. The number of aromatic nitrogens is 1. The Labute approximate surface area is 90.8 Å². The van der Waals surface area contributed by atoms with Gasteiger partial charge in [-0.15, -0.1) is 0 Å². The fourth-order valence-corrected chi connectivity index (χ4v) is 2.07. The first-order valence-electron chi connectivity index (χ1n) is 4.49. The highest BCUT2D eigenvalue weighted by atomic mass is 35.5. The van der Waals surface area contributed by atoms with Crippen LogP contribution in [-0.4, -0.2) is 4.98 Å². The summed E-state index contributed by atoms with van der Waals surface area (Å²) in [6.45, 7) is 0. The summed E-state index contributed by atoms with van der Waals surface area (Å²) in [5, 5.41) is 0.749. The third kappa shape index (κ3) is 1.30. The monoisotopic (exact) mass is 227 g/mol. The fraction of sp³-hybridized carbons (Fsp3) is 0.300. The molecule has 0 N–H and O–H groups in total. The number of rotatable bonds is 1. The van der Waals surface area contributed by atoms with Gasteiger partial charge in [0.05, 0.1) is 5.02 Å². The Morgan fingerprint density at radius 2 is 2.07 bits per heavy atom. The zero-order valence-corrected chi connectivity index (χ0v) is 8.77. The normalized spacial score (nSPS) is 16.4. The third-order valence-electron chi connectivity index (χ3n) is 2.49. The molecule has 0 bridgehead atoms. The van der Waals surface area contributed by atoms with E-state index in [-0.39, 0.29) is 5.35 Å². The van der Waals surface area contributed by atoms with Gasteiger partial charge in [0, 0.05) is 0 Å². The van der Waals surface area contributed by atoms with Gasteiger partial charge in [0.25, 0.3) is 5.35 Å². The molecule has 3 rings (SSSR count). The molecule has 1 aliphatic carbocycles. The van der Waals surface area contributed by atoms with Crippen molar-refractivity contribution in [2.45, 2.75) is 18.8 Å². The maximum Gasteiger partial charge on any atom is 0.293 e. The molecule has 1 aliphatic rings. The van der Waals surface area contributed by atoms with Crippen molar-refractivity contribution < 1.29 is 4.42 Å². The van der Waals surface area contributed by atoms with Crippen LogP contribution in [0.5, 0.6) is 0 Å². The molecule has 1 saturated carbocycles. The van der Waals surface area contributed by atoms with Crippen LogP contribution < -0.4 is 0 Å². The van der Waals surface area contributed by atoms with E-state index in [1.165, 1.54) is 18.4 Å². The molecule has 0 unspecified atom stereocenters. The lowest BCUT2D eigenvalue weighted by molar-refractivity contribution is 0.604. The second-order valence-corrected chi connectivity index (χ2v) is 4.32. The SMILES string of the molecule is Clc1nc2cc(C3CC3)cc(Cl)c2o1. The molecule has 0 spiro atoms. The van der Waals surface area contributed by atoms with Crippen LogP contribution in [0.1, 0.15) is 24.3 Å². The first-order valence-corrected chi connectivity index (χ1v) is 5.25. The van der Waals surface area contributed by atoms with Gasteiger partial charge in [0.15, 0.2) is 5.58 Å². The van der Waals surface area contributed by atoms with Crippen molar-refractivity contribution >= 4 is 34.3 Å². The summed E-state index contributed by atoms with van der Waals surface area (Å²) in [5.41, 5.74) is 2.58. The predicted molar refractivity (Wildman–Crippen MR) is 56.0 cm³/mol. The van der Waals surface area contributed by atoms with Gasteiger partial charge in [0.2, 0.25) is 0 Å². The first kappa shape index (κ1) is 8.57. The van der Waals surface area contributed by atoms with E-state index in [9.17, 15) is 0 Å². The molecule has 0 aliphatic heterocycles. The molecule has 2 aromatic rings. The Hall–Kier alpha value is -0.730. The minimum absolute atomic E-state index is 0.148. The number of hydrogen-bond donors (Lipinski definition) is 0. The highest BCUT2D eigenvalue weighted by Crippen LogP contribution is 2.42. The van der Waals surface area contributed by atoms with Crippen molar-refractivity contribution in [1.29, 1.82) is 0 Å². The van der Waals surface area contributed by atoms with Crippen LogP contribution in [-0.2, 0) is 0 Å². The van der Waals surface area contributed by atoms with Gasteiger partial charge in [-0.05, 0) is 48.1 Å². The molecule has 0 radical (unpaired) electrons. The van der Waals surface area contributed by atoms with Crippen LogP contribution in [0, 0.1) is 0 Å². The quantitative estimate of drug-likeness (QED) is 0.736. The summed E-state index contributed by atoms with van der Waals surface area (Å²) in [4.78, 5) is 4.06. The molecule has 4 heteroatoms. The molecular weight excluding hydrogens is 221 g/mol. The standard InChI is InChI=1S/C10H7Cl2NO/c11-7-3-6(5-1-2-5)4-8-9(7)14-10(12)13-8/h3-5H,1-2H2. The molecule has 2 nitrogen and oxygen atoms in total. The third-order valence-corrected chi connectivity index (χ3v) is 2.93. The second-order valence-electron chi connectivity index (χ2n) is 3.59. The van der Waals surface area contributed by atoms with Crippen LogP contribution in [0.4, 0.5) is 0 Å². The highest BCUT2D eigenvalue weighted by Gasteiger charge is 2.25. The molecule has 1 fully saturated rings. The van der Waals surface area contributed by atoms with Gasteiger partial charge >= 0.3 is 0 Å². The smallest absolute Gasteiger partial charge is 0.293 e. The summed E-state index contributed by atoms with van der Waals surface area (Å²) < 4.78 is 5.18. The van der Waals surface area contributed by atoms with Crippen molar-refractivity contribution in [3.8, 4) is 0 Å². The van der Waals surface area contributed by atoms with Crippen molar-refractivity contribution in [3.63, 3.8) is 0 Å². The number of halogens is 2. The Balaban J connectivity index is 2.26. The Morgan fingerprint density at radius 3 is 2.79 bits per heavy atom. The van der Waals surface area contributed by atoms with Gasteiger partial charge in [-0.25, -0.2) is 0 Å². The Kier molecular flexibility index (Phi) is 1.76. The highest BCUT2D eigenvalue weighted by molar-refractivity contribution is 6.35. The number of benzene rings is 1. The molecule has 0 amide bonds. The van der Waals surface area contributed by atoms with E-state index in [1.54, 1.807) is 0 Å². The van der Waals surface area contributed by atoms with E-state index in [0.29, 0.717) is 16.5 Å². The summed E-state index contributed by atoms with van der Waals surface area (Å²) in [6, 6.07) is 3.96. The van der Waals surface area contributed by atoms with Crippen molar-refractivity contribution in [3.05, 3.63) is 28.1 Å². The Morgan fingerprint density at radius 1 is 1.29 bits per heavy atom. The van der Waals surface area contributed by atoms with Gasteiger partial charge in [0.1, 0.15) is 5.52 Å². The lowest BCUT2D eigenvalue weighted by atomic mass is 10.1. The average Bonchev–Trinajstić information content (AvgIpc) is 2.89. The summed E-state index contributed by atoms with van der Waals surface area (Å²) in [6.07, 6.45) is 2.49. The van der Waals surface area contributed by atoms with E-state index >= 15 is 0 Å². The average molecular weight is 228 g/mol. The van der Waals surface area contributed by atoms with E-state index < -0.39 is 0 Å². The van der Waals surface area contributed by atoms with Crippen LogP contribution in [0.25, 0.3) is 11.1 Å². The van der Waals surface area contributed by atoms with E-state index in [1.807, 2.05) is 12.1 Å². The molecule has 1 aromatic heterocycles. The minimum Gasteiger partial charge on any atom is -0.426 e. The molecule has 14 heavy (non-hydrogen) atoms. The summed E-state index contributed by atoms with van der Waals surface area (Å²) in [5.74, 6) is 0.660. The van der Waals surface area contributed by atoms with Crippen molar-refractivity contribution in [2.24, 2.45) is 0 Å². The predicted octanol–water partition coefficient (Wildman–Crippen LogP) is 4.01. The lowest BCUT2D eigenvalue weighted by Crippen LogP contribution is -1.80. The zero-order valence-electron chi connectivity index (χ0n) is 7.26. The van der Waals surface area contributed by atoms with E-state index in [2.05, 4.69) is 4.98 Å². The van der Waals surface area contributed by atoms with E-state index in [4.69, 9.17) is 27.6 Å². The van der Waals surface area contributed by atoms with Crippen LogP contribution in [0.2, 0.25) is 10.4 Å². The maximum atomic E-state index is 6.05. The zero-order chi connectivity index (χ0) is 9.71. The molecule has 0 saturated heterocycles. The van der Waals surface area contributed by atoms with Gasteiger partial charge < -0.3 is 4.42 Å². The van der Waals surface area contributed by atoms with Crippen LogP contribution in [0.15, 0.2) is 16.5 Å². The maximum absolute atomic E-state index is 6.05. The number of nitrogens with zero attached hydrogens (tertiary/aromatic N) is 1. The van der Waals surface area contributed by atoms with Gasteiger partial charge in [-0.2, -0.15) is 4.98 Å². The first-order chi connectivity index (χ1) is 6.74. The molecule has 72 valence electrons. The van der Waals surface area contributed by atoms with Crippen molar-refractivity contribution in [2.75, 3.05) is 0 Å². The van der Waals surface area contributed by atoms with Gasteiger partial charge in [-0.3, -0.25) is 0 Å². The number of fused-ring (bicyclic) bond motifs is 1. The largest absolute Gasteiger partial charge is 0.426 e. The number of hydrogen-bond acceptors (Lipinski definition) is 2. The molecule has 1 aromatic carbocycles. The van der Waals surface area contributed by atoms with Gasteiger partial charge in [-0.1, -0.05) is 11.6 Å². The minimum atomic E-state index is 0.148. The summed E-state index contributed by atoms with van der Waals surface area (Å²) in [7, 11) is 0. The fourth-order valence-electron chi connectivity index (χ4n) is 1.64. The topological polar surface area (TPSA) is 26.0 Å². The van der Waals surface area contributed by atoms with Crippen LogP contribution in [0.3, 0.4) is 0 Å². The molecular formula is C10H7Cl2NO. The lowest BCUT2D eigenvalue weighted by Gasteiger charge is -1.98. The van der Waals surface area contributed by atoms with Crippen molar-refractivity contribution in [1.82, 2.24) is 4.98 Å². The van der Waals surface area contributed by atoms with Crippen LogP contribution >= 0.6 is 23.2 Å². The second kappa shape index (κ2) is 2.88. The van der Waals surface area contributed by atoms with E-state index in [0.717, 1.165) is 5.52 Å². The number of oxazole rings is 1.